The third kappa shape index (κ3) is 2.57. The smallest absolute Gasteiger partial charge is 0.323 e. The molecule has 1 aliphatic heterocycles. The number of carboxylic acid groups (broad SMARTS) is 1. The fraction of sp³-hybridized carbons (Fsp3) is 0.0714. The van der Waals surface area contributed by atoms with Crippen molar-refractivity contribution in [1.29, 1.82) is 0 Å². The van der Waals surface area contributed by atoms with E-state index in [9.17, 15) is 9.59 Å². The second-order valence-corrected chi connectivity index (χ2v) is 6.13. The maximum absolute atomic E-state index is 12.2. The number of amides is 1. The van der Waals surface area contributed by atoms with Crippen LogP contribution >= 0.6 is 24.0 Å². The number of aliphatic carboxylic acids is 1. The van der Waals surface area contributed by atoms with E-state index in [1.54, 1.807) is 6.08 Å². The number of H-pyrrole nitrogens is 1. The summed E-state index contributed by atoms with van der Waals surface area (Å²) in [6, 6.07) is 7.75. The molecule has 0 bridgehead atoms. The number of hydrogen-bond donors (Lipinski definition) is 2. The Bertz CT molecular complexity index is 794. The third-order valence-electron chi connectivity index (χ3n) is 3.07. The van der Waals surface area contributed by atoms with Crippen molar-refractivity contribution >= 4 is 57.2 Å². The summed E-state index contributed by atoms with van der Waals surface area (Å²) in [7, 11) is 0. The summed E-state index contributed by atoms with van der Waals surface area (Å²) in [4.78, 5) is 27.6. The summed E-state index contributed by atoms with van der Waals surface area (Å²) >= 11 is 6.18. The van der Waals surface area contributed by atoms with Gasteiger partial charge in [-0.25, -0.2) is 0 Å². The lowest BCUT2D eigenvalue weighted by atomic mass is 10.1. The van der Waals surface area contributed by atoms with Gasteiger partial charge in [-0.1, -0.05) is 42.2 Å². The highest BCUT2D eigenvalue weighted by molar-refractivity contribution is 8.26. The van der Waals surface area contributed by atoms with E-state index in [1.165, 1.54) is 0 Å². The van der Waals surface area contributed by atoms with Gasteiger partial charge in [0.05, 0.1) is 4.91 Å². The zero-order valence-electron chi connectivity index (χ0n) is 10.7. The topological polar surface area (TPSA) is 73.4 Å². The molecule has 2 aromatic rings. The van der Waals surface area contributed by atoms with E-state index >= 15 is 0 Å². The molecule has 0 spiro atoms. The van der Waals surface area contributed by atoms with Gasteiger partial charge in [0.2, 0.25) is 0 Å². The molecule has 1 amide bonds. The van der Waals surface area contributed by atoms with Crippen molar-refractivity contribution < 1.29 is 14.7 Å². The largest absolute Gasteiger partial charge is 0.480 e. The van der Waals surface area contributed by atoms with E-state index in [-0.39, 0.29) is 10.2 Å². The van der Waals surface area contributed by atoms with Gasteiger partial charge in [0, 0.05) is 22.7 Å². The Hall–Kier alpha value is -2.12. The molecule has 2 N–H and O–H groups in total. The van der Waals surface area contributed by atoms with Crippen molar-refractivity contribution in [2.45, 2.75) is 0 Å². The first kappa shape index (κ1) is 13.8. The van der Waals surface area contributed by atoms with Crippen LogP contribution in [0.15, 0.2) is 35.4 Å². The number of para-hydroxylation sites is 1. The van der Waals surface area contributed by atoms with Crippen LogP contribution in [0.5, 0.6) is 0 Å². The fourth-order valence-corrected chi connectivity index (χ4v) is 3.37. The number of aromatic amines is 1. The zero-order chi connectivity index (χ0) is 15.0. The van der Waals surface area contributed by atoms with E-state index in [0.717, 1.165) is 33.1 Å². The highest BCUT2D eigenvalue weighted by atomic mass is 32.2. The summed E-state index contributed by atoms with van der Waals surface area (Å²) in [6.07, 6.45) is 3.55. The van der Waals surface area contributed by atoms with Crippen molar-refractivity contribution in [3.05, 3.63) is 40.9 Å². The van der Waals surface area contributed by atoms with Gasteiger partial charge in [-0.15, -0.1) is 0 Å². The van der Waals surface area contributed by atoms with Gasteiger partial charge in [0.25, 0.3) is 5.91 Å². The average molecular weight is 318 g/mol. The molecule has 0 unspecified atom stereocenters. The van der Waals surface area contributed by atoms with Gasteiger partial charge in [-0.3, -0.25) is 14.5 Å². The molecule has 1 aromatic heterocycles. The normalized spacial score (nSPS) is 17.1. The predicted molar refractivity (Wildman–Crippen MR) is 85.8 cm³/mol. The lowest BCUT2D eigenvalue weighted by Crippen LogP contribution is -2.33. The third-order valence-corrected chi connectivity index (χ3v) is 4.45. The number of carbonyl (C=O) groups excluding carboxylic acids is 1. The van der Waals surface area contributed by atoms with Crippen LogP contribution in [0.2, 0.25) is 0 Å². The summed E-state index contributed by atoms with van der Waals surface area (Å²) in [6.45, 7) is -0.407. The molecule has 1 saturated heterocycles. The highest BCUT2D eigenvalue weighted by Gasteiger charge is 2.33. The minimum absolute atomic E-state index is 0.272. The van der Waals surface area contributed by atoms with Crippen molar-refractivity contribution in [3.8, 4) is 0 Å². The van der Waals surface area contributed by atoms with E-state index in [0.29, 0.717) is 4.91 Å². The SMILES string of the molecule is O=C(O)CN1C(=O)C(=Cc2c[nH]c3ccccc23)SC1=S. The van der Waals surface area contributed by atoms with Gasteiger partial charge in [-0.2, -0.15) is 0 Å². The molecule has 1 aliphatic rings. The number of thiocarbonyl (C=S) groups is 1. The molecule has 7 heteroatoms. The van der Waals surface area contributed by atoms with Crippen LogP contribution in [0.1, 0.15) is 5.56 Å². The quantitative estimate of drug-likeness (QED) is 0.672. The highest BCUT2D eigenvalue weighted by Crippen LogP contribution is 2.33. The van der Waals surface area contributed by atoms with E-state index in [1.807, 2.05) is 30.5 Å². The number of thioether (sulfide) groups is 1. The second-order valence-electron chi connectivity index (χ2n) is 4.45. The van der Waals surface area contributed by atoms with E-state index in [2.05, 4.69) is 4.98 Å². The lowest BCUT2D eigenvalue weighted by molar-refractivity contribution is -0.140. The first-order valence-electron chi connectivity index (χ1n) is 6.09. The van der Waals surface area contributed by atoms with Crippen LogP contribution < -0.4 is 0 Å². The number of carbonyl (C=O) groups is 2. The zero-order valence-corrected chi connectivity index (χ0v) is 12.3. The van der Waals surface area contributed by atoms with Crippen LogP contribution in [-0.2, 0) is 9.59 Å². The van der Waals surface area contributed by atoms with Gasteiger partial charge in [0.1, 0.15) is 10.9 Å². The van der Waals surface area contributed by atoms with E-state index in [4.69, 9.17) is 17.3 Å². The van der Waals surface area contributed by atoms with Gasteiger partial charge in [-0.05, 0) is 12.1 Å². The molecule has 1 fully saturated rings. The van der Waals surface area contributed by atoms with Gasteiger partial charge < -0.3 is 10.1 Å². The molecule has 21 heavy (non-hydrogen) atoms. The second kappa shape index (κ2) is 5.34. The van der Waals surface area contributed by atoms with E-state index < -0.39 is 12.5 Å². The summed E-state index contributed by atoms with van der Waals surface area (Å²) < 4.78 is 0.272. The molecular weight excluding hydrogens is 308 g/mol. The van der Waals surface area contributed by atoms with Crippen LogP contribution in [0, 0.1) is 0 Å². The molecule has 1 aromatic carbocycles. The molecule has 0 atom stereocenters. The fourth-order valence-electron chi connectivity index (χ4n) is 2.13. The van der Waals surface area contributed by atoms with Crippen molar-refractivity contribution in [2.24, 2.45) is 0 Å². The Balaban J connectivity index is 1.95. The maximum atomic E-state index is 12.2. The monoisotopic (exact) mass is 318 g/mol. The number of carboxylic acids is 1. The van der Waals surface area contributed by atoms with Crippen LogP contribution in [0.3, 0.4) is 0 Å². The Labute approximate surface area is 129 Å². The van der Waals surface area contributed by atoms with Crippen molar-refractivity contribution in [3.63, 3.8) is 0 Å². The predicted octanol–water partition coefficient (Wildman–Crippen LogP) is 2.45. The number of rotatable bonds is 3. The van der Waals surface area contributed by atoms with Crippen LogP contribution in [0.25, 0.3) is 17.0 Å². The number of benzene rings is 1. The summed E-state index contributed by atoms with van der Waals surface area (Å²) in [5, 5.41) is 9.81. The lowest BCUT2D eigenvalue weighted by Gasteiger charge is -2.10. The standard InChI is InChI=1S/C14H10N2O3S2/c17-12(18)7-16-13(19)11(21-14(16)20)5-8-6-15-10-4-2-1-3-9(8)10/h1-6,15H,7H2,(H,17,18). The minimum Gasteiger partial charge on any atom is -0.480 e. The number of aromatic nitrogens is 1. The van der Waals surface area contributed by atoms with Crippen LogP contribution in [0.4, 0.5) is 0 Å². The van der Waals surface area contributed by atoms with Crippen LogP contribution in [-0.4, -0.2) is 37.7 Å². The molecule has 5 nitrogen and oxygen atoms in total. The molecule has 0 saturated carbocycles. The van der Waals surface area contributed by atoms with Gasteiger partial charge in [0.15, 0.2) is 0 Å². The molecular formula is C14H10N2O3S2. The summed E-state index contributed by atoms with van der Waals surface area (Å²) in [5.41, 5.74) is 1.85. The Morgan fingerprint density at radius 1 is 1.43 bits per heavy atom. The number of nitrogens with one attached hydrogen (secondary N) is 1. The molecule has 0 aliphatic carbocycles. The minimum atomic E-state index is -1.08. The number of hydrogen-bond acceptors (Lipinski definition) is 4. The molecule has 0 radical (unpaired) electrons. The molecule has 2 heterocycles. The molecule has 3 rings (SSSR count). The van der Waals surface area contributed by atoms with Crippen molar-refractivity contribution in [1.82, 2.24) is 9.88 Å². The Morgan fingerprint density at radius 2 is 2.19 bits per heavy atom. The number of fused-ring (bicyclic) bond motifs is 1. The van der Waals surface area contributed by atoms with Gasteiger partial charge >= 0.3 is 5.97 Å². The maximum Gasteiger partial charge on any atom is 0.323 e. The molecule has 106 valence electrons. The van der Waals surface area contributed by atoms with Crippen molar-refractivity contribution in [2.75, 3.05) is 6.54 Å². The number of nitrogens with zero attached hydrogens (tertiary/aromatic N) is 1. The Morgan fingerprint density at radius 3 is 2.95 bits per heavy atom. The first-order chi connectivity index (χ1) is 10.1. The average Bonchev–Trinajstić information content (AvgIpc) is 2.96. The Kier molecular flexibility index (Phi) is 3.52. The summed E-state index contributed by atoms with van der Waals surface area (Å²) in [5.74, 6) is -1.45. The first-order valence-corrected chi connectivity index (χ1v) is 7.32.